The van der Waals surface area contributed by atoms with Crippen molar-refractivity contribution in [2.45, 2.75) is 57.7 Å². The maximum absolute atomic E-state index is 12.5. The molecular weight excluding hydrogens is 426 g/mol. The third-order valence-corrected chi connectivity index (χ3v) is 7.32. The Bertz CT molecular complexity index is 807. The van der Waals surface area contributed by atoms with Crippen molar-refractivity contribution in [2.24, 2.45) is 22.1 Å². The van der Waals surface area contributed by atoms with Crippen molar-refractivity contribution in [1.82, 2.24) is 5.32 Å². The number of aliphatic imine (C=N–C) groups is 1. The molecular formula is C20H26BrN3O2S. The normalized spacial score (nSPS) is 32.3. The van der Waals surface area contributed by atoms with Gasteiger partial charge < -0.3 is 15.8 Å². The number of carbonyl (C=O) groups is 1. The Morgan fingerprint density at radius 3 is 2.85 bits per heavy atom. The van der Waals surface area contributed by atoms with E-state index in [1.165, 1.54) is 0 Å². The SMILES string of the molecule is CC(C)(C)C(=O)NC1CCC2Oc3ccc(Br)cc3C3(CSC(N)=N3)C2C1. The average molecular weight is 452 g/mol. The van der Waals surface area contributed by atoms with Crippen LogP contribution < -0.4 is 15.8 Å². The standard InChI is InChI=1S/C20H26BrN3O2S/c1-19(2,3)17(25)23-12-5-7-16-14(9-12)20(10-27-18(22)24-20)13-8-11(21)4-6-15(13)26-16/h4,6,8,12,14,16H,5,7,9-10H2,1-3H3,(H2,22,24)(H,23,25). The van der Waals surface area contributed by atoms with Gasteiger partial charge >= 0.3 is 0 Å². The van der Waals surface area contributed by atoms with Crippen LogP contribution in [0.3, 0.4) is 0 Å². The van der Waals surface area contributed by atoms with Gasteiger partial charge in [-0.25, -0.2) is 4.99 Å². The first-order valence-electron chi connectivity index (χ1n) is 9.45. The number of nitrogens with zero attached hydrogens (tertiary/aromatic N) is 1. The van der Waals surface area contributed by atoms with Crippen LogP contribution in [-0.2, 0) is 10.3 Å². The third-order valence-electron chi connectivity index (χ3n) is 5.85. The number of nitrogens with one attached hydrogen (secondary N) is 1. The van der Waals surface area contributed by atoms with Crippen LogP contribution in [0.25, 0.3) is 0 Å². The fourth-order valence-electron chi connectivity index (χ4n) is 4.40. The Morgan fingerprint density at radius 2 is 2.19 bits per heavy atom. The Kier molecular flexibility index (Phi) is 4.74. The van der Waals surface area contributed by atoms with Crippen molar-refractivity contribution < 1.29 is 9.53 Å². The number of fused-ring (bicyclic) bond motifs is 4. The fraction of sp³-hybridized carbons (Fsp3) is 0.600. The molecule has 1 aromatic rings. The number of benzene rings is 1. The van der Waals surface area contributed by atoms with E-state index in [-0.39, 0.29) is 34.9 Å². The number of carbonyl (C=O) groups excluding carboxylic acids is 1. The van der Waals surface area contributed by atoms with Gasteiger partial charge in [-0.15, -0.1) is 0 Å². The highest BCUT2D eigenvalue weighted by Crippen LogP contribution is 2.54. The summed E-state index contributed by atoms with van der Waals surface area (Å²) in [5.74, 6) is 2.04. The molecule has 4 rings (SSSR count). The maximum atomic E-state index is 12.5. The average Bonchev–Trinajstić information content (AvgIpc) is 2.98. The topological polar surface area (TPSA) is 76.7 Å². The van der Waals surface area contributed by atoms with Gasteiger partial charge in [-0.05, 0) is 37.5 Å². The molecule has 0 aromatic heterocycles. The maximum Gasteiger partial charge on any atom is 0.225 e. The minimum absolute atomic E-state index is 0.101. The molecule has 146 valence electrons. The van der Waals surface area contributed by atoms with Gasteiger partial charge in [0.25, 0.3) is 0 Å². The quantitative estimate of drug-likeness (QED) is 0.680. The van der Waals surface area contributed by atoms with E-state index >= 15 is 0 Å². The van der Waals surface area contributed by atoms with Crippen molar-refractivity contribution in [1.29, 1.82) is 0 Å². The minimum Gasteiger partial charge on any atom is -0.490 e. The summed E-state index contributed by atoms with van der Waals surface area (Å²) in [6.07, 6.45) is 2.81. The summed E-state index contributed by atoms with van der Waals surface area (Å²) >= 11 is 5.21. The summed E-state index contributed by atoms with van der Waals surface area (Å²) in [5.41, 5.74) is 6.46. The number of amidine groups is 1. The molecule has 27 heavy (non-hydrogen) atoms. The predicted molar refractivity (Wildman–Crippen MR) is 113 cm³/mol. The molecule has 4 atom stereocenters. The van der Waals surface area contributed by atoms with Crippen molar-refractivity contribution in [2.75, 3.05) is 5.75 Å². The van der Waals surface area contributed by atoms with Gasteiger partial charge in [0, 0.05) is 33.2 Å². The molecule has 7 heteroatoms. The first kappa shape index (κ1) is 19.1. The Hall–Kier alpha value is -1.21. The monoisotopic (exact) mass is 451 g/mol. The summed E-state index contributed by atoms with van der Waals surface area (Å²) in [5, 5.41) is 3.90. The molecule has 4 unspecified atom stereocenters. The zero-order valence-corrected chi connectivity index (χ0v) is 18.3. The smallest absolute Gasteiger partial charge is 0.225 e. The molecule has 3 N–H and O–H groups in total. The summed E-state index contributed by atoms with van der Waals surface area (Å²) in [7, 11) is 0. The molecule has 2 heterocycles. The van der Waals surface area contributed by atoms with Crippen molar-refractivity contribution in [3.63, 3.8) is 0 Å². The highest BCUT2D eigenvalue weighted by atomic mass is 79.9. The molecule has 1 fully saturated rings. The number of hydrogen-bond acceptors (Lipinski definition) is 5. The number of hydrogen-bond donors (Lipinski definition) is 2. The number of rotatable bonds is 1. The molecule has 0 radical (unpaired) electrons. The van der Waals surface area contributed by atoms with E-state index in [4.69, 9.17) is 15.5 Å². The van der Waals surface area contributed by atoms with E-state index in [0.717, 1.165) is 40.8 Å². The largest absolute Gasteiger partial charge is 0.490 e. The van der Waals surface area contributed by atoms with Gasteiger partial charge in [0.2, 0.25) is 5.91 Å². The van der Waals surface area contributed by atoms with Crippen LogP contribution in [0.4, 0.5) is 0 Å². The predicted octanol–water partition coefficient (Wildman–Crippen LogP) is 3.80. The second-order valence-electron chi connectivity index (χ2n) is 8.80. The summed E-state index contributed by atoms with van der Waals surface area (Å²) in [4.78, 5) is 17.5. The molecule has 0 saturated heterocycles. The lowest BCUT2D eigenvalue weighted by Crippen LogP contribution is -2.55. The van der Waals surface area contributed by atoms with Crippen LogP contribution >= 0.6 is 27.7 Å². The molecule has 0 bridgehead atoms. The number of amides is 1. The molecule has 5 nitrogen and oxygen atoms in total. The van der Waals surface area contributed by atoms with E-state index in [9.17, 15) is 4.79 Å². The Labute approximate surface area is 173 Å². The lowest BCUT2D eigenvalue weighted by atomic mass is 9.67. The molecule has 1 amide bonds. The molecule has 1 aromatic carbocycles. The second kappa shape index (κ2) is 6.69. The van der Waals surface area contributed by atoms with Gasteiger partial charge in [0.1, 0.15) is 17.4 Å². The van der Waals surface area contributed by atoms with Crippen LogP contribution in [0.1, 0.15) is 45.6 Å². The molecule has 1 saturated carbocycles. The van der Waals surface area contributed by atoms with Crippen molar-refractivity contribution >= 4 is 38.8 Å². The first-order valence-corrected chi connectivity index (χ1v) is 11.2. The highest BCUT2D eigenvalue weighted by Gasteiger charge is 2.54. The number of halogens is 1. The van der Waals surface area contributed by atoms with Crippen LogP contribution in [0.5, 0.6) is 5.75 Å². The fourth-order valence-corrected chi connectivity index (χ4v) is 5.79. The molecule has 3 aliphatic rings. The zero-order valence-electron chi connectivity index (χ0n) is 15.9. The highest BCUT2D eigenvalue weighted by molar-refractivity contribution is 9.10. The van der Waals surface area contributed by atoms with E-state index in [1.54, 1.807) is 11.8 Å². The lowest BCUT2D eigenvalue weighted by Gasteiger charge is -2.49. The third kappa shape index (κ3) is 3.37. The van der Waals surface area contributed by atoms with Gasteiger partial charge in [0.15, 0.2) is 5.17 Å². The number of ether oxygens (including phenoxy) is 1. The van der Waals surface area contributed by atoms with E-state index in [2.05, 4.69) is 27.3 Å². The second-order valence-corrected chi connectivity index (χ2v) is 10.7. The summed E-state index contributed by atoms with van der Waals surface area (Å²) in [6.45, 7) is 5.85. The summed E-state index contributed by atoms with van der Waals surface area (Å²) in [6, 6.07) is 6.30. The number of thioether (sulfide) groups is 1. The van der Waals surface area contributed by atoms with E-state index < -0.39 is 0 Å². The van der Waals surface area contributed by atoms with Crippen LogP contribution in [-0.4, -0.2) is 29.0 Å². The Morgan fingerprint density at radius 1 is 1.41 bits per heavy atom. The van der Waals surface area contributed by atoms with Gasteiger partial charge in [-0.3, -0.25) is 4.79 Å². The number of nitrogens with two attached hydrogens (primary N) is 1. The van der Waals surface area contributed by atoms with Gasteiger partial charge in [-0.2, -0.15) is 0 Å². The van der Waals surface area contributed by atoms with Crippen LogP contribution in [0.15, 0.2) is 27.7 Å². The minimum atomic E-state index is -0.388. The summed E-state index contributed by atoms with van der Waals surface area (Å²) < 4.78 is 7.40. The van der Waals surface area contributed by atoms with Crippen LogP contribution in [0.2, 0.25) is 0 Å². The molecule has 1 spiro atoms. The van der Waals surface area contributed by atoms with Gasteiger partial charge in [-0.1, -0.05) is 48.5 Å². The molecule has 2 aliphatic heterocycles. The first-order chi connectivity index (χ1) is 12.7. The molecule has 1 aliphatic carbocycles. The van der Waals surface area contributed by atoms with Crippen molar-refractivity contribution in [3.8, 4) is 5.75 Å². The van der Waals surface area contributed by atoms with Crippen LogP contribution in [0, 0.1) is 11.3 Å². The van der Waals surface area contributed by atoms with Gasteiger partial charge in [0.05, 0.1) is 0 Å². The lowest BCUT2D eigenvalue weighted by molar-refractivity contribution is -0.130. The van der Waals surface area contributed by atoms with Crippen molar-refractivity contribution in [3.05, 3.63) is 28.2 Å². The van der Waals surface area contributed by atoms with E-state index in [0.29, 0.717) is 5.17 Å². The zero-order chi connectivity index (χ0) is 19.4. The van der Waals surface area contributed by atoms with E-state index in [1.807, 2.05) is 32.9 Å². The Balaban J connectivity index is 1.68.